The normalized spacial score (nSPS) is 16.9. The number of rotatable bonds is 12. The highest BCUT2D eigenvalue weighted by Gasteiger charge is 2.49. The van der Waals surface area contributed by atoms with Gasteiger partial charge in [-0.2, -0.15) is 26.6 Å². The maximum atomic E-state index is 13.4. The second kappa shape index (κ2) is 14.7. The molecule has 1 amide bonds. The molecule has 0 bridgehead atoms. The van der Waals surface area contributed by atoms with Crippen molar-refractivity contribution in [3.8, 4) is 11.6 Å². The van der Waals surface area contributed by atoms with Gasteiger partial charge in [0.05, 0.1) is 6.61 Å². The molecular weight excluding hydrogens is 622 g/mol. The van der Waals surface area contributed by atoms with Gasteiger partial charge in [-0.1, -0.05) is 42.5 Å². The lowest BCUT2D eigenvalue weighted by molar-refractivity contribution is -0.141. The topological polar surface area (TPSA) is 134 Å². The van der Waals surface area contributed by atoms with Crippen LogP contribution in [-0.2, 0) is 32.7 Å². The van der Waals surface area contributed by atoms with Crippen LogP contribution in [0.1, 0.15) is 66.0 Å². The lowest BCUT2D eigenvalue weighted by Crippen LogP contribution is -2.33. The van der Waals surface area contributed by atoms with E-state index in [9.17, 15) is 35.6 Å². The summed E-state index contributed by atoms with van der Waals surface area (Å²) < 4.78 is 92.4. The number of nitrogens with zero attached hydrogens (tertiary/aromatic N) is 2. The summed E-state index contributed by atoms with van der Waals surface area (Å²) in [6.07, 6.45) is 2.84. The molecule has 0 spiro atoms. The third-order valence-electron chi connectivity index (χ3n) is 7.15. The number of carbonyl (C=O) groups is 2. The molecule has 0 atom stereocenters. The smallest absolute Gasteiger partial charge is 0.481 e. The average molecular weight is 654 g/mol. The Kier molecular flexibility index (Phi) is 11.0. The van der Waals surface area contributed by atoms with Gasteiger partial charge in [0.25, 0.3) is 11.8 Å². The molecule has 0 unspecified atom stereocenters. The van der Waals surface area contributed by atoms with Gasteiger partial charge in [-0.15, -0.1) is 0 Å². The number of aromatic nitrogens is 2. The zero-order valence-corrected chi connectivity index (χ0v) is 25.0. The predicted octanol–water partition coefficient (Wildman–Crippen LogP) is 5.23. The lowest BCUT2D eigenvalue weighted by atomic mass is 9.77. The minimum absolute atomic E-state index is 0.0362. The van der Waals surface area contributed by atoms with Crippen LogP contribution in [0.25, 0.3) is 0 Å². The van der Waals surface area contributed by atoms with E-state index in [1.54, 1.807) is 49.4 Å². The molecule has 1 aromatic heterocycles. The molecule has 1 saturated carbocycles. The predicted molar refractivity (Wildman–Crippen MR) is 152 cm³/mol. The fraction of sp³-hybridized carbons (Fsp3) is 0.400. The van der Waals surface area contributed by atoms with Gasteiger partial charge in [-0.3, -0.25) is 9.59 Å². The lowest BCUT2D eigenvalue weighted by Gasteiger charge is -2.28. The van der Waals surface area contributed by atoms with Crippen LogP contribution in [-0.4, -0.2) is 48.9 Å². The Labute approximate surface area is 257 Å². The molecule has 3 aromatic rings. The average Bonchev–Trinajstić information content (AvgIpc) is 3.00. The molecule has 1 N–H and O–H groups in total. The van der Waals surface area contributed by atoms with Gasteiger partial charge >= 0.3 is 21.6 Å². The number of ether oxygens (including phenoxy) is 2. The van der Waals surface area contributed by atoms with Gasteiger partial charge in [0.2, 0.25) is 5.75 Å². The Hall–Kier alpha value is -4.27. The van der Waals surface area contributed by atoms with Crippen LogP contribution in [0.2, 0.25) is 0 Å². The molecule has 1 aliphatic rings. The van der Waals surface area contributed by atoms with Crippen LogP contribution in [0, 0.1) is 11.7 Å². The molecule has 0 saturated heterocycles. The zero-order valence-electron chi connectivity index (χ0n) is 24.2. The number of alkyl halides is 3. The molecule has 1 heterocycles. The summed E-state index contributed by atoms with van der Waals surface area (Å²) in [6, 6.07) is 14.5. The van der Waals surface area contributed by atoms with Crippen molar-refractivity contribution in [1.82, 2.24) is 15.3 Å². The SMILES string of the molecule is CCOC(=O)CNC(=O)c1nc(CC2CCC(c3ccc(F)cc3)CC2)nc(OS(=O)(=O)C(F)(F)F)c1OCc1ccccc1. The van der Waals surface area contributed by atoms with Crippen LogP contribution in [0.15, 0.2) is 54.6 Å². The zero-order chi connectivity index (χ0) is 32.6. The Balaban J connectivity index is 1.66. The van der Waals surface area contributed by atoms with E-state index in [0.717, 1.165) is 18.4 Å². The monoisotopic (exact) mass is 653 g/mol. The summed E-state index contributed by atoms with van der Waals surface area (Å²) in [4.78, 5) is 33.3. The summed E-state index contributed by atoms with van der Waals surface area (Å²) in [6.45, 7) is 0.685. The highest BCUT2D eigenvalue weighted by atomic mass is 32.2. The van der Waals surface area contributed by atoms with Crippen LogP contribution in [0.5, 0.6) is 11.6 Å². The van der Waals surface area contributed by atoms with E-state index in [1.165, 1.54) is 12.1 Å². The van der Waals surface area contributed by atoms with Crippen molar-refractivity contribution in [1.29, 1.82) is 0 Å². The standard InChI is InChI=1S/C30H31F4N3O7S/c1-2-42-25(38)17-35-28(39)26-27(43-18-20-6-4-3-5-7-20)29(44-45(40,41)30(32,33)34)37-24(36-26)16-19-8-10-21(11-9-19)22-12-14-23(31)15-13-22/h3-7,12-15,19,21H,2,8-11,16-18H2,1H3,(H,35,39). The third kappa shape index (κ3) is 9.12. The summed E-state index contributed by atoms with van der Waals surface area (Å²) >= 11 is 0. The number of halogens is 4. The van der Waals surface area contributed by atoms with E-state index in [0.29, 0.717) is 18.4 Å². The molecule has 1 fully saturated rings. The molecule has 0 radical (unpaired) electrons. The van der Waals surface area contributed by atoms with Crippen LogP contribution >= 0.6 is 0 Å². The first-order valence-corrected chi connectivity index (χ1v) is 15.5. The first-order chi connectivity index (χ1) is 21.4. The van der Waals surface area contributed by atoms with Gasteiger partial charge in [-0.05, 0) is 67.7 Å². The number of esters is 1. The number of hydrogen-bond donors (Lipinski definition) is 1. The fourth-order valence-electron chi connectivity index (χ4n) is 4.93. The molecule has 2 aromatic carbocycles. The quantitative estimate of drug-likeness (QED) is 0.121. The summed E-state index contributed by atoms with van der Waals surface area (Å²) in [5.74, 6) is -4.09. The van der Waals surface area contributed by atoms with E-state index in [-0.39, 0.29) is 43.1 Å². The Morgan fingerprint density at radius 2 is 1.64 bits per heavy atom. The maximum absolute atomic E-state index is 13.4. The van der Waals surface area contributed by atoms with Gasteiger partial charge in [0, 0.05) is 6.42 Å². The van der Waals surface area contributed by atoms with E-state index >= 15 is 0 Å². The van der Waals surface area contributed by atoms with Crippen LogP contribution in [0.3, 0.4) is 0 Å². The Morgan fingerprint density at radius 1 is 0.978 bits per heavy atom. The summed E-state index contributed by atoms with van der Waals surface area (Å²) in [5, 5.41) is 2.26. The minimum Gasteiger partial charge on any atom is -0.481 e. The van der Waals surface area contributed by atoms with Gasteiger partial charge in [0.15, 0.2) is 5.69 Å². The molecule has 10 nitrogen and oxygen atoms in total. The number of amides is 1. The van der Waals surface area contributed by atoms with Crippen molar-refractivity contribution < 1.29 is 49.2 Å². The molecule has 45 heavy (non-hydrogen) atoms. The summed E-state index contributed by atoms with van der Waals surface area (Å²) in [7, 11) is -6.23. The number of benzene rings is 2. The van der Waals surface area contributed by atoms with E-state index in [2.05, 4.69) is 19.5 Å². The molecule has 0 aliphatic heterocycles. The third-order valence-corrected chi connectivity index (χ3v) is 8.10. The highest BCUT2D eigenvalue weighted by Crippen LogP contribution is 2.39. The van der Waals surface area contributed by atoms with Crippen molar-refractivity contribution in [2.75, 3.05) is 13.2 Å². The maximum Gasteiger partial charge on any atom is 0.534 e. The number of nitrogens with one attached hydrogen (secondary N) is 1. The van der Waals surface area contributed by atoms with Gasteiger partial charge < -0.3 is 19.0 Å². The molecule has 4 rings (SSSR count). The Bertz CT molecular complexity index is 1580. The Morgan fingerprint density at radius 3 is 2.27 bits per heavy atom. The van der Waals surface area contributed by atoms with Crippen molar-refractivity contribution in [3.63, 3.8) is 0 Å². The fourth-order valence-corrected chi connectivity index (χ4v) is 5.34. The molecule has 1 aliphatic carbocycles. The second-order valence-corrected chi connectivity index (χ2v) is 11.9. The highest BCUT2D eigenvalue weighted by molar-refractivity contribution is 7.88. The molecular formula is C30H31F4N3O7S. The second-order valence-electron chi connectivity index (χ2n) is 10.3. The van der Waals surface area contributed by atoms with Crippen molar-refractivity contribution >= 4 is 22.0 Å². The molecule has 15 heteroatoms. The number of carbonyl (C=O) groups excluding carboxylic acids is 2. The van der Waals surface area contributed by atoms with Crippen molar-refractivity contribution in [2.24, 2.45) is 5.92 Å². The van der Waals surface area contributed by atoms with E-state index < -0.39 is 51.4 Å². The first-order valence-electron chi connectivity index (χ1n) is 14.1. The van der Waals surface area contributed by atoms with E-state index in [1.807, 2.05) is 0 Å². The van der Waals surface area contributed by atoms with Crippen molar-refractivity contribution in [2.45, 2.75) is 57.1 Å². The molecule has 242 valence electrons. The van der Waals surface area contributed by atoms with Crippen LogP contribution < -0.4 is 14.2 Å². The van der Waals surface area contributed by atoms with E-state index in [4.69, 9.17) is 9.47 Å². The number of hydrogen-bond acceptors (Lipinski definition) is 9. The summed E-state index contributed by atoms with van der Waals surface area (Å²) in [5.41, 5.74) is -4.91. The first kappa shape index (κ1) is 33.6. The van der Waals surface area contributed by atoms with Gasteiger partial charge in [-0.25, -0.2) is 9.37 Å². The van der Waals surface area contributed by atoms with Crippen LogP contribution in [0.4, 0.5) is 17.6 Å². The van der Waals surface area contributed by atoms with Crippen molar-refractivity contribution in [3.05, 3.63) is 83.1 Å². The minimum atomic E-state index is -6.23. The largest absolute Gasteiger partial charge is 0.534 e. The van der Waals surface area contributed by atoms with Gasteiger partial charge in [0.1, 0.15) is 24.8 Å².